The fraction of sp³-hybridized carbons (Fsp3) is 0.228. The number of nitrogens with zero attached hydrogens (tertiary/aromatic N) is 9. The number of piperazine rings is 1. The summed E-state index contributed by atoms with van der Waals surface area (Å²) in [5.41, 5.74) is 13.8. The summed E-state index contributed by atoms with van der Waals surface area (Å²) < 4.78 is 60.9. The Balaban J connectivity index is 0.000000165. The maximum absolute atomic E-state index is 12.8. The third-order valence-corrected chi connectivity index (χ3v) is 23.3. The number of para-hydroxylation sites is 3. The zero-order chi connectivity index (χ0) is 79.2. The molecule has 0 spiro atoms. The van der Waals surface area contributed by atoms with Gasteiger partial charge in [-0.25, -0.2) is 15.0 Å². The lowest BCUT2D eigenvalue weighted by atomic mass is 9.98. The molecule has 0 unspecified atom stereocenters. The molecule has 9 N–H and O–H groups in total. The maximum Gasteiger partial charge on any atom is 0.248 e. The standard InChI is InChI=1S/C28H35ClN7O3P.C27H27ClN5O3P.C24H23ClN5O3P/c1-39-24-16-20(35-13-10-19(11-14-35)36-15-12-30-26(37)18-36)8-9-22(24)33-28-31-17-21(29)27(34-28)32-23-6-4-5-7-25(23)40(2,3)38;1-16-13-22(23(36-2)14-19(16)17-9-11-18(12-10-17)25(29)34)32-27-30-15-20(28)26(33-27)31-21-7-5-6-8-24(21)37(3,4)35;1-32-21-13-16(33-17-7-6-12-26-14-17)10-11-19(21)29-24-27-15-18(25)23(30-24)28-20-8-4-5-9-22(20)34(2,3)31/h4-9,16-17,19H,10-15,18H2,1-3H3,(H,30,37)(H2,31,32,33,34);5-15H,1-4H3,(H2,29,34)(H2,30,31,32,33);4-15H,1-3H3,(H2,27,28,29,30). The molecule has 576 valence electrons. The SMILES string of the molecule is COc1cc(-c2ccc(C(N)=O)cc2)c(C)cc1Nc1ncc(Cl)c(Nc2ccccc2P(C)(C)=O)n1.COc1cc(N2CCC(N3CCNC(=O)C3)CC2)ccc1Nc1ncc(Cl)c(Nc2ccccc2P(C)(C)=O)n1.COc1cc(Oc2cccnc2)ccc1Nc1ncc(Cl)c(Nc2ccccc2P(C)(C)=O)n1. The molecule has 0 aliphatic carbocycles. The minimum atomic E-state index is -2.53. The van der Waals surface area contributed by atoms with E-state index >= 15 is 0 Å². The topological polar surface area (TPSA) is 329 Å². The van der Waals surface area contributed by atoms with Crippen molar-refractivity contribution in [3.8, 4) is 39.9 Å². The smallest absolute Gasteiger partial charge is 0.248 e. The van der Waals surface area contributed by atoms with Gasteiger partial charge in [0.05, 0.1) is 86.8 Å². The van der Waals surface area contributed by atoms with Gasteiger partial charge in [0.25, 0.3) is 0 Å². The van der Waals surface area contributed by atoms with Gasteiger partial charge >= 0.3 is 0 Å². The van der Waals surface area contributed by atoms with Gasteiger partial charge in [0.15, 0.2) is 17.5 Å². The van der Waals surface area contributed by atoms with Crippen LogP contribution in [0.1, 0.15) is 28.8 Å². The molecule has 2 aliphatic rings. The third-order valence-electron chi connectivity index (χ3n) is 17.9. The summed E-state index contributed by atoms with van der Waals surface area (Å²) in [6, 6.07) is 48.5. The van der Waals surface area contributed by atoms with Gasteiger partial charge in [-0.15, -0.1) is 0 Å². The molecule has 2 saturated heterocycles. The lowest BCUT2D eigenvalue weighted by molar-refractivity contribution is -0.125. The molecular weight excluding hydrogens is 1530 g/mol. The first-order valence-corrected chi connectivity index (χ1v) is 44.0. The monoisotopic (exact) mass is 1610 g/mol. The van der Waals surface area contributed by atoms with Crippen molar-refractivity contribution < 1.29 is 42.2 Å². The normalized spacial score (nSPS) is 13.2. The van der Waals surface area contributed by atoms with E-state index in [1.165, 1.54) is 18.6 Å². The molecule has 32 heteroatoms. The van der Waals surface area contributed by atoms with E-state index in [1.807, 2.05) is 122 Å². The number of rotatable bonds is 24. The predicted molar refractivity (Wildman–Crippen MR) is 449 cm³/mol. The van der Waals surface area contributed by atoms with Crippen LogP contribution in [0.15, 0.2) is 189 Å². The number of anilines is 13. The van der Waals surface area contributed by atoms with Crippen molar-refractivity contribution >= 4 is 159 Å². The van der Waals surface area contributed by atoms with Crippen molar-refractivity contribution in [1.29, 1.82) is 0 Å². The molecule has 0 atom stereocenters. The number of benzene rings is 7. The fourth-order valence-electron chi connectivity index (χ4n) is 12.3. The molecular formula is C79H85Cl3N17O9P3. The van der Waals surface area contributed by atoms with E-state index in [-0.39, 0.29) is 5.91 Å². The lowest BCUT2D eigenvalue weighted by Gasteiger charge is -2.40. The quantitative estimate of drug-likeness (QED) is 0.0261. The van der Waals surface area contributed by atoms with Gasteiger partial charge < -0.3 is 80.5 Å². The number of methoxy groups -OCH3 is 3. The van der Waals surface area contributed by atoms with E-state index in [9.17, 15) is 23.3 Å². The Morgan fingerprint density at radius 1 is 0.514 bits per heavy atom. The van der Waals surface area contributed by atoms with Crippen molar-refractivity contribution in [2.45, 2.75) is 25.8 Å². The second kappa shape index (κ2) is 36.4. The maximum atomic E-state index is 12.8. The molecule has 0 saturated carbocycles. The highest BCUT2D eigenvalue weighted by Crippen LogP contribution is 2.44. The highest BCUT2D eigenvalue weighted by atomic mass is 35.5. The van der Waals surface area contributed by atoms with Crippen LogP contribution in [0.25, 0.3) is 11.1 Å². The molecule has 11 aromatic rings. The summed E-state index contributed by atoms with van der Waals surface area (Å²) in [5, 5.41) is 25.2. The third kappa shape index (κ3) is 21.4. The first-order chi connectivity index (χ1) is 53.1. The van der Waals surface area contributed by atoms with E-state index in [2.05, 4.69) is 88.0 Å². The molecule has 13 rings (SSSR count). The van der Waals surface area contributed by atoms with Crippen LogP contribution in [-0.2, 0) is 18.5 Å². The molecule has 7 aromatic carbocycles. The summed E-state index contributed by atoms with van der Waals surface area (Å²) in [6.45, 7) is 16.3. The Hall–Kier alpha value is -10.8. The number of amides is 2. The van der Waals surface area contributed by atoms with Crippen LogP contribution < -0.4 is 82.7 Å². The number of aryl methyl sites for hydroxylation is 1. The van der Waals surface area contributed by atoms with E-state index < -0.39 is 27.3 Å². The first-order valence-electron chi connectivity index (χ1n) is 35.0. The van der Waals surface area contributed by atoms with Crippen molar-refractivity contribution in [2.75, 3.05) is 131 Å². The summed E-state index contributed by atoms with van der Waals surface area (Å²) in [7, 11) is -2.78. The number of nitrogens with one attached hydrogen (secondary N) is 7. The van der Waals surface area contributed by atoms with Gasteiger partial charge in [-0.1, -0.05) is 83.3 Å². The summed E-state index contributed by atoms with van der Waals surface area (Å²) in [4.78, 5) is 58.4. The molecule has 6 heterocycles. The van der Waals surface area contributed by atoms with Crippen LogP contribution in [0.5, 0.6) is 28.7 Å². The van der Waals surface area contributed by atoms with Gasteiger partial charge in [-0.2, -0.15) is 15.0 Å². The van der Waals surface area contributed by atoms with Crippen LogP contribution in [0, 0.1) is 6.92 Å². The molecule has 2 aliphatic heterocycles. The molecule has 2 amide bonds. The van der Waals surface area contributed by atoms with Gasteiger partial charge in [0, 0.05) is 77.7 Å². The average Bonchev–Trinajstić information content (AvgIpc) is 0.818. The second-order valence-corrected chi connectivity index (χ2v) is 37.7. The lowest BCUT2D eigenvalue weighted by Crippen LogP contribution is -2.54. The van der Waals surface area contributed by atoms with Crippen molar-refractivity contribution in [3.63, 3.8) is 0 Å². The molecule has 111 heavy (non-hydrogen) atoms. The number of hydrogen-bond donors (Lipinski definition) is 8. The summed E-state index contributed by atoms with van der Waals surface area (Å²) in [6.07, 6.45) is 9.84. The second-order valence-electron chi connectivity index (χ2n) is 26.9. The number of carbonyl (C=O) groups excluding carboxylic acids is 2. The number of carbonyl (C=O) groups is 2. The zero-order valence-electron chi connectivity index (χ0n) is 62.7. The Labute approximate surface area is 659 Å². The highest BCUT2D eigenvalue weighted by Gasteiger charge is 2.29. The Kier molecular flexibility index (Phi) is 26.6. The largest absolute Gasteiger partial charge is 0.495 e. The Morgan fingerprint density at radius 3 is 1.42 bits per heavy atom. The number of piperidine rings is 1. The number of pyridine rings is 1. The first kappa shape index (κ1) is 81.2. The van der Waals surface area contributed by atoms with Crippen molar-refractivity contribution in [1.82, 2.24) is 45.1 Å². The molecule has 26 nitrogen and oxygen atoms in total. The number of ether oxygens (including phenoxy) is 4. The molecule has 4 aromatic heterocycles. The molecule has 0 radical (unpaired) electrons. The molecule has 0 bridgehead atoms. The van der Waals surface area contributed by atoms with E-state index in [0.717, 1.165) is 72.4 Å². The van der Waals surface area contributed by atoms with Crippen molar-refractivity contribution in [3.05, 3.63) is 215 Å². The fourth-order valence-corrected chi connectivity index (χ4v) is 16.2. The highest BCUT2D eigenvalue weighted by molar-refractivity contribution is 7.71. The van der Waals surface area contributed by atoms with Crippen LogP contribution in [-0.4, -0.2) is 152 Å². The number of aromatic nitrogens is 7. The van der Waals surface area contributed by atoms with Gasteiger partial charge in [0.2, 0.25) is 29.7 Å². The van der Waals surface area contributed by atoms with Crippen LogP contribution in [0.3, 0.4) is 0 Å². The Morgan fingerprint density at radius 2 is 0.973 bits per heavy atom. The predicted octanol–water partition coefficient (Wildman–Crippen LogP) is 16.3. The average molecular weight is 1620 g/mol. The van der Waals surface area contributed by atoms with Crippen LogP contribution >= 0.6 is 56.2 Å². The molecule has 2 fully saturated rings. The van der Waals surface area contributed by atoms with Gasteiger partial charge in [-0.3, -0.25) is 19.5 Å². The van der Waals surface area contributed by atoms with Crippen LogP contribution in [0.2, 0.25) is 15.1 Å². The Bertz CT molecular complexity index is 5330. The van der Waals surface area contributed by atoms with Crippen LogP contribution in [0.4, 0.5) is 75.1 Å². The zero-order valence-corrected chi connectivity index (χ0v) is 67.6. The summed E-state index contributed by atoms with van der Waals surface area (Å²) in [5.74, 6) is 4.76. The number of hydrogen-bond acceptors (Lipinski definition) is 24. The van der Waals surface area contributed by atoms with Gasteiger partial charge in [-0.05, 0) is 174 Å². The number of halogens is 3. The van der Waals surface area contributed by atoms with E-state index in [0.29, 0.717) is 136 Å². The van der Waals surface area contributed by atoms with Crippen molar-refractivity contribution in [2.24, 2.45) is 5.73 Å². The minimum absolute atomic E-state index is 0.117. The summed E-state index contributed by atoms with van der Waals surface area (Å²) >= 11 is 19.1. The van der Waals surface area contributed by atoms with Gasteiger partial charge in [0.1, 0.15) is 65.2 Å². The number of primary amides is 1. The van der Waals surface area contributed by atoms with E-state index in [4.69, 9.17) is 59.5 Å². The number of nitrogens with two attached hydrogens (primary N) is 1. The minimum Gasteiger partial charge on any atom is -0.495 e. The van der Waals surface area contributed by atoms with E-state index in [1.54, 1.807) is 110 Å².